The molecule has 0 aromatic carbocycles. The number of rotatable bonds is 4. The van der Waals surface area contributed by atoms with Gasteiger partial charge in [0.2, 0.25) is 0 Å². The highest BCUT2D eigenvalue weighted by Gasteiger charge is 2.39. The van der Waals surface area contributed by atoms with E-state index in [0.717, 1.165) is 45.3 Å². The fourth-order valence-electron chi connectivity index (χ4n) is 3.69. The topological polar surface area (TPSA) is 63.4 Å². The Morgan fingerprint density at radius 2 is 2.00 bits per heavy atom. The number of likely N-dealkylation sites (tertiary alicyclic amines) is 1. The largest absolute Gasteiger partial charge is 0.330 e. The van der Waals surface area contributed by atoms with Gasteiger partial charge in [0, 0.05) is 18.8 Å². The Morgan fingerprint density at radius 1 is 1.22 bits per heavy atom. The molecule has 1 aliphatic heterocycles. The third-order valence-corrected chi connectivity index (χ3v) is 6.21. The number of hydrogen-bond acceptors (Lipinski definition) is 4. The van der Waals surface area contributed by atoms with Crippen molar-refractivity contribution in [3.8, 4) is 0 Å². The van der Waals surface area contributed by atoms with Crippen molar-refractivity contribution >= 4 is 9.84 Å². The maximum Gasteiger partial charge on any atom is 0.151 e. The van der Waals surface area contributed by atoms with Crippen molar-refractivity contribution in [1.82, 2.24) is 4.90 Å². The fraction of sp³-hybridized carbons (Fsp3) is 1.00. The second-order valence-electron chi connectivity index (χ2n) is 5.95. The van der Waals surface area contributed by atoms with Crippen LogP contribution in [-0.4, -0.2) is 50.5 Å². The molecule has 4 nitrogen and oxygen atoms in total. The van der Waals surface area contributed by atoms with Crippen molar-refractivity contribution < 1.29 is 8.42 Å². The number of nitrogens with zero attached hydrogens (tertiary/aromatic N) is 1. The zero-order chi connectivity index (χ0) is 13.2. The number of hydrogen-bond donors (Lipinski definition) is 1. The molecule has 0 bridgehead atoms. The molecule has 2 fully saturated rings. The van der Waals surface area contributed by atoms with E-state index in [-0.39, 0.29) is 11.3 Å². The Morgan fingerprint density at radius 3 is 2.67 bits per heavy atom. The Labute approximate surface area is 111 Å². The molecule has 1 saturated heterocycles. The van der Waals surface area contributed by atoms with E-state index in [2.05, 4.69) is 4.90 Å². The van der Waals surface area contributed by atoms with Crippen LogP contribution in [0.2, 0.25) is 0 Å². The van der Waals surface area contributed by atoms with E-state index < -0.39 is 9.84 Å². The lowest BCUT2D eigenvalue weighted by molar-refractivity contribution is 0.123. The third-order valence-electron chi connectivity index (χ3n) is 4.56. The monoisotopic (exact) mass is 274 g/mol. The first-order chi connectivity index (χ1) is 8.52. The molecule has 0 amide bonds. The SMILES string of the molecule is CS(=O)(=O)C1CCCC1N1CCCC(CCN)C1. The smallest absolute Gasteiger partial charge is 0.151 e. The molecular formula is C13H26N2O2S. The first kappa shape index (κ1) is 14.3. The lowest BCUT2D eigenvalue weighted by Gasteiger charge is -2.38. The number of sulfone groups is 1. The van der Waals surface area contributed by atoms with E-state index >= 15 is 0 Å². The lowest BCUT2D eigenvalue weighted by atomic mass is 9.93. The minimum Gasteiger partial charge on any atom is -0.330 e. The molecule has 0 spiro atoms. The minimum atomic E-state index is -2.90. The average Bonchev–Trinajstić information content (AvgIpc) is 2.78. The minimum absolute atomic E-state index is 0.130. The van der Waals surface area contributed by atoms with E-state index in [9.17, 15) is 8.42 Å². The zero-order valence-corrected chi connectivity index (χ0v) is 12.2. The van der Waals surface area contributed by atoms with Gasteiger partial charge < -0.3 is 5.73 Å². The van der Waals surface area contributed by atoms with Gasteiger partial charge in [-0.25, -0.2) is 8.42 Å². The first-order valence-corrected chi connectivity index (χ1v) is 9.11. The molecule has 0 aromatic rings. The summed E-state index contributed by atoms with van der Waals surface area (Å²) in [7, 11) is -2.90. The highest BCUT2D eigenvalue weighted by molar-refractivity contribution is 7.91. The fourth-order valence-corrected chi connectivity index (χ4v) is 5.17. The predicted molar refractivity (Wildman–Crippen MR) is 74.2 cm³/mol. The van der Waals surface area contributed by atoms with Gasteiger partial charge in [-0.2, -0.15) is 0 Å². The molecule has 1 saturated carbocycles. The molecule has 2 N–H and O–H groups in total. The third kappa shape index (κ3) is 3.25. The van der Waals surface area contributed by atoms with Gasteiger partial charge in [-0.05, 0) is 51.1 Å². The van der Waals surface area contributed by atoms with E-state index in [1.54, 1.807) is 0 Å². The average molecular weight is 274 g/mol. The van der Waals surface area contributed by atoms with Crippen LogP contribution < -0.4 is 5.73 Å². The van der Waals surface area contributed by atoms with E-state index in [4.69, 9.17) is 5.73 Å². The summed E-state index contributed by atoms with van der Waals surface area (Å²) in [5.74, 6) is 0.671. The summed E-state index contributed by atoms with van der Waals surface area (Å²) in [4.78, 5) is 2.43. The molecule has 18 heavy (non-hydrogen) atoms. The van der Waals surface area contributed by atoms with E-state index in [1.165, 1.54) is 19.1 Å². The second-order valence-corrected chi connectivity index (χ2v) is 8.21. The normalized spacial score (nSPS) is 34.9. The summed E-state index contributed by atoms with van der Waals surface area (Å²) in [5, 5.41) is -0.130. The van der Waals surface area contributed by atoms with Crippen molar-refractivity contribution in [3.63, 3.8) is 0 Å². The van der Waals surface area contributed by atoms with Crippen molar-refractivity contribution in [2.45, 2.75) is 49.8 Å². The van der Waals surface area contributed by atoms with Crippen molar-refractivity contribution in [3.05, 3.63) is 0 Å². The standard InChI is InChI=1S/C13H26N2O2S/c1-18(16,17)13-6-2-5-12(13)15-9-3-4-11(10-15)7-8-14/h11-13H,2-10,14H2,1H3. The maximum absolute atomic E-state index is 11.8. The van der Waals surface area contributed by atoms with Crippen LogP contribution in [0.25, 0.3) is 0 Å². The Hall–Kier alpha value is -0.130. The van der Waals surface area contributed by atoms with Crippen LogP contribution in [0.15, 0.2) is 0 Å². The predicted octanol–water partition coefficient (Wildman–Crippen LogP) is 1.01. The Kier molecular flexibility index (Phi) is 4.67. The summed E-state index contributed by atoms with van der Waals surface area (Å²) >= 11 is 0. The quantitative estimate of drug-likeness (QED) is 0.831. The van der Waals surface area contributed by atoms with Crippen LogP contribution in [0.1, 0.15) is 38.5 Å². The molecule has 0 radical (unpaired) electrons. The molecule has 5 heteroatoms. The molecular weight excluding hydrogens is 248 g/mol. The lowest BCUT2D eigenvalue weighted by Crippen LogP contribution is -2.48. The van der Waals surface area contributed by atoms with E-state index in [0.29, 0.717) is 5.92 Å². The highest BCUT2D eigenvalue weighted by Crippen LogP contribution is 2.32. The molecule has 3 unspecified atom stereocenters. The van der Waals surface area contributed by atoms with Crippen LogP contribution in [0.3, 0.4) is 0 Å². The molecule has 3 atom stereocenters. The Balaban J connectivity index is 2.01. The molecule has 106 valence electrons. The van der Waals surface area contributed by atoms with Gasteiger partial charge in [-0.1, -0.05) is 6.42 Å². The summed E-state index contributed by atoms with van der Waals surface area (Å²) in [5.41, 5.74) is 5.64. The van der Waals surface area contributed by atoms with Gasteiger partial charge in [0.25, 0.3) is 0 Å². The summed E-state index contributed by atoms with van der Waals surface area (Å²) in [6, 6.07) is 0.264. The van der Waals surface area contributed by atoms with E-state index in [1.807, 2.05) is 0 Å². The van der Waals surface area contributed by atoms with Crippen LogP contribution >= 0.6 is 0 Å². The van der Waals surface area contributed by atoms with Gasteiger partial charge >= 0.3 is 0 Å². The summed E-state index contributed by atoms with van der Waals surface area (Å²) in [6.45, 7) is 2.87. The van der Waals surface area contributed by atoms with Crippen molar-refractivity contribution in [2.24, 2.45) is 11.7 Å². The number of nitrogens with two attached hydrogens (primary N) is 1. The molecule has 1 aliphatic carbocycles. The molecule has 0 aromatic heterocycles. The van der Waals surface area contributed by atoms with Crippen LogP contribution in [0, 0.1) is 5.92 Å². The van der Waals surface area contributed by atoms with Gasteiger partial charge in [-0.3, -0.25) is 4.90 Å². The summed E-state index contributed by atoms with van der Waals surface area (Å²) < 4.78 is 23.7. The first-order valence-electron chi connectivity index (χ1n) is 7.15. The van der Waals surface area contributed by atoms with Gasteiger partial charge in [0.15, 0.2) is 9.84 Å². The zero-order valence-electron chi connectivity index (χ0n) is 11.3. The number of piperidine rings is 1. The van der Waals surface area contributed by atoms with Crippen molar-refractivity contribution in [2.75, 3.05) is 25.9 Å². The molecule has 2 aliphatic rings. The van der Waals surface area contributed by atoms with Crippen LogP contribution in [-0.2, 0) is 9.84 Å². The van der Waals surface area contributed by atoms with Crippen LogP contribution in [0.4, 0.5) is 0 Å². The van der Waals surface area contributed by atoms with Gasteiger partial charge in [-0.15, -0.1) is 0 Å². The van der Waals surface area contributed by atoms with Crippen LogP contribution in [0.5, 0.6) is 0 Å². The van der Waals surface area contributed by atoms with Gasteiger partial charge in [0.1, 0.15) is 0 Å². The Bertz CT molecular complexity index is 367. The van der Waals surface area contributed by atoms with Gasteiger partial charge in [0.05, 0.1) is 5.25 Å². The highest BCUT2D eigenvalue weighted by atomic mass is 32.2. The molecule has 2 rings (SSSR count). The maximum atomic E-state index is 11.8. The van der Waals surface area contributed by atoms with Crippen molar-refractivity contribution in [1.29, 1.82) is 0 Å². The second kappa shape index (κ2) is 5.88. The summed E-state index contributed by atoms with van der Waals surface area (Å²) in [6.07, 6.45) is 7.88. The molecule has 1 heterocycles.